The standard InChI is InChI=1S/C19H18N2O5S/c1-3-4-13-5-6-15(16(9-13)24-2)25-12-18(23)26-11-17(22)21-19-14(10-20)7-8-27-19/h3-9H,11-12H2,1-2H3,(H,21,22)/b4-3+. The van der Waals surface area contributed by atoms with Crippen LogP contribution in [0.3, 0.4) is 0 Å². The van der Waals surface area contributed by atoms with E-state index in [0.717, 1.165) is 5.56 Å². The molecular weight excluding hydrogens is 368 g/mol. The van der Waals surface area contributed by atoms with Crippen molar-refractivity contribution in [2.24, 2.45) is 0 Å². The second kappa shape index (κ2) is 9.99. The van der Waals surface area contributed by atoms with Crippen molar-refractivity contribution < 1.29 is 23.8 Å². The maximum Gasteiger partial charge on any atom is 0.344 e. The zero-order valence-electron chi connectivity index (χ0n) is 14.9. The maximum atomic E-state index is 11.8. The lowest BCUT2D eigenvalue weighted by molar-refractivity contribution is -0.149. The summed E-state index contributed by atoms with van der Waals surface area (Å²) in [5.74, 6) is -0.353. The quantitative estimate of drug-likeness (QED) is 0.700. The topological polar surface area (TPSA) is 97.6 Å². The molecule has 1 N–H and O–H groups in total. The van der Waals surface area contributed by atoms with Crippen LogP contribution in [0.2, 0.25) is 0 Å². The number of carbonyl (C=O) groups is 2. The van der Waals surface area contributed by atoms with E-state index in [1.54, 1.807) is 23.6 Å². The number of nitrogens with one attached hydrogen (secondary N) is 1. The van der Waals surface area contributed by atoms with Gasteiger partial charge in [-0.15, -0.1) is 11.3 Å². The highest BCUT2D eigenvalue weighted by atomic mass is 32.1. The van der Waals surface area contributed by atoms with E-state index >= 15 is 0 Å². The lowest BCUT2D eigenvalue weighted by atomic mass is 10.2. The van der Waals surface area contributed by atoms with Gasteiger partial charge in [-0.1, -0.05) is 18.2 Å². The molecule has 1 aromatic carbocycles. The summed E-state index contributed by atoms with van der Waals surface area (Å²) in [6, 6.07) is 8.84. The first-order valence-electron chi connectivity index (χ1n) is 7.94. The maximum absolute atomic E-state index is 11.8. The molecule has 0 spiro atoms. The minimum Gasteiger partial charge on any atom is -0.493 e. The van der Waals surface area contributed by atoms with E-state index in [0.29, 0.717) is 22.1 Å². The summed E-state index contributed by atoms with van der Waals surface area (Å²) in [7, 11) is 1.50. The first-order chi connectivity index (χ1) is 13.1. The van der Waals surface area contributed by atoms with E-state index < -0.39 is 18.5 Å². The van der Waals surface area contributed by atoms with Gasteiger partial charge in [-0.3, -0.25) is 4.79 Å². The number of methoxy groups -OCH3 is 1. The second-order valence-electron chi connectivity index (χ2n) is 5.18. The van der Waals surface area contributed by atoms with Crippen LogP contribution in [0.15, 0.2) is 35.7 Å². The number of amides is 1. The molecule has 0 atom stereocenters. The fourth-order valence-electron chi connectivity index (χ4n) is 2.08. The van der Waals surface area contributed by atoms with Crippen LogP contribution in [0.4, 0.5) is 5.00 Å². The molecular formula is C19H18N2O5S. The summed E-state index contributed by atoms with van der Waals surface area (Å²) >= 11 is 1.21. The van der Waals surface area contributed by atoms with E-state index in [1.807, 2.05) is 31.2 Å². The average molecular weight is 386 g/mol. The number of hydrogen-bond acceptors (Lipinski definition) is 7. The molecule has 0 fully saturated rings. The van der Waals surface area contributed by atoms with Gasteiger partial charge in [0.15, 0.2) is 24.7 Å². The van der Waals surface area contributed by atoms with Crippen LogP contribution in [-0.4, -0.2) is 32.2 Å². The largest absolute Gasteiger partial charge is 0.493 e. The Morgan fingerprint density at radius 1 is 1.26 bits per heavy atom. The molecule has 0 unspecified atom stereocenters. The van der Waals surface area contributed by atoms with Gasteiger partial charge in [0.2, 0.25) is 0 Å². The molecule has 0 bridgehead atoms. The van der Waals surface area contributed by atoms with E-state index in [-0.39, 0.29) is 6.61 Å². The fraction of sp³-hybridized carbons (Fsp3) is 0.211. The zero-order valence-corrected chi connectivity index (χ0v) is 15.7. The first kappa shape index (κ1) is 20.0. The summed E-state index contributed by atoms with van der Waals surface area (Å²) in [4.78, 5) is 23.6. The number of rotatable bonds is 8. The van der Waals surface area contributed by atoms with E-state index in [2.05, 4.69) is 5.32 Å². The van der Waals surface area contributed by atoms with E-state index in [1.165, 1.54) is 18.4 Å². The number of nitrogens with zero attached hydrogens (tertiary/aromatic N) is 1. The Morgan fingerprint density at radius 2 is 2.07 bits per heavy atom. The first-order valence-corrected chi connectivity index (χ1v) is 8.82. The third-order valence-electron chi connectivity index (χ3n) is 3.30. The number of anilines is 1. The molecule has 1 amide bonds. The van der Waals surface area contributed by atoms with Crippen molar-refractivity contribution in [2.75, 3.05) is 25.6 Å². The van der Waals surface area contributed by atoms with Crippen molar-refractivity contribution in [3.8, 4) is 17.6 Å². The SMILES string of the molecule is C/C=C/c1ccc(OCC(=O)OCC(=O)Nc2sccc2C#N)c(OC)c1. The number of esters is 1. The highest BCUT2D eigenvalue weighted by Gasteiger charge is 2.13. The van der Waals surface area contributed by atoms with Gasteiger partial charge >= 0.3 is 5.97 Å². The highest BCUT2D eigenvalue weighted by Crippen LogP contribution is 2.28. The van der Waals surface area contributed by atoms with Crippen molar-refractivity contribution >= 4 is 34.3 Å². The Balaban J connectivity index is 1.82. The van der Waals surface area contributed by atoms with Gasteiger partial charge in [-0.2, -0.15) is 5.26 Å². The molecule has 0 aliphatic heterocycles. The number of carbonyl (C=O) groups excluding carboxylic acids is 2. The Hall–Kier alpha value is -3.31. The van der Waals surface area contributed by atoms with Gasteiger partial charge in [0.25, 0.3) is 5.91 Å². The minimum absolute atomic E-state index is 0.358. The lowest BCUT2D eigenvalue weighted by Gasteiger charge is -2.11. The Morgan fingerprint density at radius 3 is 2.78 bits per heavy atom. The molecule has 0 radical (unpaired) electrons. The molecule has 0 aliphatic carbocycles. The smallest absolute Gasteiger partial charge is 0.344 e. The second-order valence-corrected chi connectivity index (χ2v) is 6.10. The highest BCUT2D eigenvalue weighted by molar-refractivity contribution is 7.14. The van der Waals surface area contributed by atoms with Crippen molar-refractivity contribution in [1.29, 1.82) is 5.26 Å². The number of benzene rings is 1. The van der Waals surface area contributed by atoms with E-state index in [4.69, 9.17) is 19.5 Å². The predicted molar refractivity (Wildman–Crippen MR) is 102 cm³/mol. The van der Waals surface area contributed by atoms with Crippen molar-refractivity contribution in [2.45, 2.75) is 6.92 Å². The molecule has 140 valence electrons. The summed E-state index contributed by atoms with van der Waals surface area (Å²) in [6.07, 6.45) is 3.80. The van der Waals surface area contributed by atoms with E-state index in [9.17, 15) is 9.59 Å². The summed E-state index contributed by atoms with van der Waals surface area (Å²) < 4.78 is 15.5. The number of allylic oxidation sites excluding steroid dienone is 1. The van der Waals surface area contributed by atoms with Gasteiger partial charge in [-0.25, -0.2) is 4.79 Å². The zero-order chi connectivity index (χ0) is 19.6. The van der Waals surface area contributed by atoms with Crippen LogP contribution in [0.1, 0.15) is 18.1 Å². The third-order valence-corrected chi connectivity index (χ3v) is 4.13. The Kier molecular flexibility index (Phi) is 7.40. The van der Waals surface area contributed by atoms with Crippen molar-refractivity contribution in [3.63, 3.8) is 0 Å². The number of hydrogen-bond donors (Lipinski definition) is 1. The molecule has 7 nitrogen and oxygen atoms in total. The van der Waals surface area contributed by atoms with Gasteiger partial charge in [0.05, 0.1) is 12.7 Å². The number of thiophene rings is 1. The third kappa shape index (κ3) is 5.87. The fourth-order valence-corrected chi connectivity index (χ4v) is 2.83. The van der Waals surface area contributed by atoms with Crippen LogP contribution in [0.25, 0.3) is 6.08 Å². The summed E-state index contributed by atoms with van der Waals surface area (Å²) in [5.41, 5.74) is 1.29. The molecule has 0 saturated heterocycles. The molecule has 2 rings (SSSR count). The van der Waals surface area contributed by atoms with Gasteiger partial charge in [-0.05, 0) is 36.1 Å². The molecule has 0 aliphatic rings. The van der Waals surface area contributed by atoms with Gasteiger partial charge in [0.1, 0.15) is 11.1 Å². The van der Waals surface area contributed by atoms with Gasteiger partial charge < -0.3 is 19.5 Å². The molecule has 8 heteroatoms. The number of ether oxygens (including phenoxy) is 3. The van der Waals surface area contributed by atoms with Crippen LogP contribution in [0, 0.1) is 11.3 Å². The summed E-state index contributed by atoms with van der Waals surface area (Å²) in [5, 5.41) is 13.5. The molecule has 27 heavy (non-hydrogen) atoms. The Bertz CT molecular complexity index is 882. The van der Waals surface area contributed by atoms with Crippen molar-refractivity contribution in [3.05, 3.63) is 46.8 Å². The molecule has 1 aromatic heterocycles. The normalized spacial score (nSPS) is 10.3. The van der Waals surface area contributed by atoms with Crippen LogP contribution < -0.4 is 14.8 Å². The Labute approximate surface area is 160 Å². The monoisotopic (exact) mass is 386 g/mol. The van der Waals surface area contributed by atoms with Crippen LogP contribution >= 0.6 is 11.3 Å². The van der Waals surface area contributed by atoms with Crippen molar-refractivity contribution in [1.82, 2.24) is 0 Å². The molecule has 1 heterocycles. The molecule has 2 aromatic rings. The molecule has 0 saturated carbocycles. The minimum atomic E-state index is -0.698. The summed E-state index contributed by atoms with van der Waals surface area (Å²) in [6.45, 7) is 1.07. The van der Waals surface area contributed by atoms with Crippen LogP contribution in [-0.2, 0) is 14.3 Å². The average Bonchev–Trinajstić information content (AvgIpc) is 3.12. The lowest BCUT2D eigenvalue weighted by Crippen LogP contribution is -2.23. The van der Waals surface area contributed by atoms with Crippen LogP contribution in [0.5, 0.6) is 11.5 Å². The van der Waals surface area contributed by atoms with Gasteiger partial charge in [0, 0.05) is 0 Å². The predicted octanol–water partition coefficient (Wildman–Crippen LogP) is 3.22. The number of nitriles is 1.